The summed E-state index contributed by atoms with van der Waals surface area (Å²) in [5.74, 6) is 1.45. The van der Waals surface area contributed by atoms with Gasteiger partial charge in [0.2, 0.25) is 0 Å². The molecule has 0 spiro atoms. The monoisotopic (exact) mass is 237 g/mol. The van der Waals surface area contributed by atoms with E-state index in [4.69, 9.17) is 9.47 Å². The minimum absolute atomic E-state index is 0.297. The third kappa shape index (κ3) is 3.11. The predicted molar refractivity (Wildman–Crippen MR) is 65.5 cm³/mol. The van der Waals surface area contributed by atoms with E-state index >= 15 is 0 Å². The third-order valence-electron chi connectivity index (χ3n) is 2.74. The number of hydrogen-bond acceptors (Lipinski definition) is 4. The molecule has 4 heteroatoms. The molecule has 1 aliphatic rings. The van der Waals surface area contributed by atoms with Gasteiger partial charge in [0, 0.05) is 6.54 Å². The van der Waals surface area contributed by atoms with Crippen molar-refractivity contribution in [1.29, 1.82) is 0 Å². The van der Waals surface area contributed by atoms with Crippen molar-refractivity contribution in [1.82, 2.24) is 5.32 Å². The minimum Gasteiger partial charge on any atom is -0.486 e. The maximum atomic E-state index is 9.96. The molecule has 2 rings (SSSR count). The average Bonchev–Trinajstić information content (AvgIpc) is 2.38. The van der Waals surface area contributed by atoms with Crippen LogP contribution in [-0.2, 0) is 0 Å². The lowest BCUT2D eigenvalue weighted by molar-refractivity contribution is -0.00895. The maximum absolute atomic E-state index is 9.96. The first kappa shape index (κ1) is 12.2. The lowest BCUT2D eigenvalue weighted by Crippen LogP contribution is -2.45. The zero-order valence-corrected chi connectivity index (χ0v) is 10.1. The summed E-state index contributed by atoms with van der Waals surface area (Å²) in [6.07, 6.45) is 0.210. The van der Waals surface area contributed by atoms with E-state index in [1.54, 1.807) is 0 Å². The van der Waals surface area contributed by atoms with Gasteiger partial charge in [0.25, 0.3) is 0 Å². The summed E-state index contributed by atoms with van der Waals surface area (Å²) >= 11 is 0. The van der Waals surface area contributed by atoms with Gasteiger partial charge >= 0.3 is 0 Å². The number of rotatable bonds is 5. The summed E-state index contributed by atoms with van der Waals surface area (Å²) in [4.78, 5) is 0. The van der Waals surface area contributed by atoms with E-state index in [1.165, 1.54) is 0 Å². The van der Waals surface area contributed by atoms with Crippen LogP contribution >= 0.6 is 0 Å². The molecule has 1 aromatic rings. The molecule has 0 fully saturated rings. The third-order valence-corrected chi connectivity index (χ3v) is 2.74. The minimum atomic E-state index is -0.546. The Morgan fingerprint density at radius 1 is 1.41 bits per heavy atom. The van der Waals surface area contributed by atoms with E-state index in [9.17, 15) is 5.11 Å². The molecule has 1 aromatic carbocycles. The molecule has 0 saturated heterocycles. The summed E-state index contributed by atoms with van der Waals surface area (Å²) in [6.45, 7) is 3.92. The van der Waals surface area contributed by atoms with Gasteiger partial charge in [-0.15, -0.1) is 0 Å². The van der Waals surface area contributed by atoms with Crippen molar-refractivity contribution in [2.45, 2.75) is 25.6 Å². The van der Waals surface area contributed by atoms with Gasteiger partial charge in [0.15, 0.2) is 17.6 Å². The van der Waals surface area contributed by atoms with E-state index in [1.807, 2.05) is 24.3 Å². The molecule has 0 bridgehead atoms. The van der Waals surface area contributed by atoms with E-state index in [0.717, 1.165) is 18.7 Å². The Hall–Kier alpha value is -1.26. The fraction of sp³-hybridized carbons (Fsp3) is 0.538. The summed E-state index contributed by atoms with van der Waals surface area (Å²) in [5.41, 5.74) is 0. The predicted octanol–water partition coefficient (Wildman–Crippen LogP) is 1.19. The Bertz CT molecular complexity index is 356. The van der Waals surface area contributed by atoms with Gasteiger partial charge in [-0.1, -0.05) is 19.1 Å². The van der Waals surface area contributed by atoms with Crippen molar-refractivity contribution in [2.24, 2.45) is 0 Å². The number of benzene rings is 1. The summed E-state index contributed by atoms with van der Waals surface area (Å²) < 4.78 is 11.3. The van der Waals surface area contributed by atoms with Gasteiger partial charge in [0.1, 0.15) is 12.7 Å². The maximum Gasteiger partial charge on any atom is 0.161 e. The zero-order chi connectivity index (χ0) is 12.1. The Balaban J connectivity index is 1.88. The van der Waals surface area contributed by atoms with Crippen LogP contribution in [0.2, 0.25) is 0 Å². The Kier molecular flexibility index (Phi) is 4.23. The Morgan fingerprint density at radius 2 is 2.18 bits per heavy atom. The Morgan fingerprint density at radius 3 is 2.94 bits per heavy atom. The first-order valence-electron chi connectivity index (χ1n) is 6.08. The average molecular weight is 237 g/mol. The molecule has 2 N–H and O–H groups in total. The van der Waals surface area contributed by atoms with Crippen LogP contribution in [0.3, 0.4) is 0 Å². The number of aliphatic hydroxyl groups excluding tert-OH is 1. The van der Waals surface area contributed by atoms with Gasteiger partial charge in [-0.2, -0.15) is 0 Å². The van der Waals surface area contributed by atoms with E-state index in [-0.39, 0.29) is 6.10 Å². The van der Waals surface area contributed by atoms with E-state index < -0.39 is 6.10 Å². The smallest absolute Gasteiger partial charge is 0.161 e. The fourth-order valence-electron chi connectivity index (χ4n) is 1.78. The second-order valence-electron chi connectivity index (χ2n) is 4.19. The van der Waals surface area contributed by atoms with Crippen LogP contribution in [0.5, 0.6) is 11.5 Å². The number of ether oxygens (including phenoxy) is 2. The molecule has 0 amide bonds. The van der Waals surface area contributed by atoms with Crippen LogP contribution in [0, 0.1) is 0 Å². The van der Waals surface area contributed by atoms with Crippen LogP contribution in [0.1, 0.15) is 13.3 Å². The number of nitrogens with one attached hydrogen (secondary N) is 1. The highest BCUT2D eigenvalue weighted by Crippen LogP contribution is 2.31. The SMILES string of the molecule is CCCNC[C@H](O)[C@H]1COc2ccccc2O1. The molecule has 0 saturated carbocycles. The molecule has 0 unspecified atom stereocenters. The second kappa shape index (κ2) is 5.89. The molecule has 2 atom stereocenters. The lowest BCUT2D eigenvalue weighted by Gasteiger charge is -2.29. The zero-order valence-electron chi connectivity index (χ0n) is 10.1. The first-order chi connectivity index (χ1) is 8.31. The van der Waals surface area contributed by atoms with Gasteiger partial charge in [-0.05, 0) is 25.1 Å². The standard InChI is InChI=1S/C13H19NO3/c1-2-7-14-8-10(15)13-9-16-11-5-3-4-6-12(11)17-13/h3-6,10,13-15H,2,7-9H2,1H3/t10-,13+/m0/s1. The van der Waals surface area contributed by atoms with Crippen LogP contribution in [-0.4, -0.2) is 37.0 Å². The molecule has 4 nitrogen and oxygen atoms in total. The molecule has 0 aromatic heterocycles. The van der Waals surface area contributed by atoms with Crippen molar-refractivity contribution in [3.8, 4) is 11.5 Å². The molecule has 94 valence electrons. The molecule has 1 aliphatic heterocycles. The topological polar surface area (TPSA) is 50.7 Å². The lowest BCUT2D eigenvalue weighted by atomic mass is 10.2. The van der Waals surface area contributed by atoms with E-state index in [0.29, 0.717) is 18.9 Å². The quantitative estimate of drug-likeness (QED) is 0.755. The van der Waals surface area contributed by atoms with Gasteiger partial charge in [-0.3, -0.25) is 0 Å². The number of hydrogen-bond donors (Lipinski definition) is 2. The largest absolute Gasteiger partial charge is 0.486 e. The van der Waals surface area contributed by atoms with Crippen LogP contribution in [0.25, 0.3) is 0 Å². The molecular weight excluding hydrogens is 218 g/mol. The number of para-hydroxylation sites is 2. The molecule has 0 radical (unpaired) electrons. The van der Waals surface area contributed by atoms with Crippen molar-refractivity contribution in [2.75, 3.05) is 19.7 Å². The van der Waals surface area contributed by atoms with Crippen molar-refractivity contribution >= 4 is 0 Å². The summed E-state index contributed by atoms with van der Waals surface area (Å²) in [6, 6.07) is 7.52. The highest BCUT2D eigenvalue weighted by molar-refractivity contribution is 5.40. The van der Waals surface area contributed by atoms with Crippen LogP contribution in [0.15, 0.2) is 24.3 Å². The Labute approximate surface area is 102 Å². The van der Waals surface area contributed by atoms with Crippen molar-refractivity contribution < 1.29 is 14.6 Å². The normalized spacial score (nSPS) is 20.0. The molecule has 1 heterocycles. The first-order valence-corrected chi connectivity index (χ1v) is 6.08. The number of fused-ring (bicyclic) bond motifs is 1. The van der Waals surface area contributed by atoms with E-state index in [2.05, 4.69) is 12.2 Å². The van der Waals surface area contributed by atoms with Crippen LogP contribution < -0.4 is 14.8 Å². The second-order valence-corrected chi connectivity index (χ2v) is 4.19. The summed E-state index contributed by atoms with van der Waals surface area (Å²) in [7, 11) is 0. The van der Waals surface area contributed by atoms with Crippen molar-refractivity contribution in [3.05, 3.63) is 24.3 Å². The highest BCUT2D eigenvalue weighted by atomic mass is 16.6. The molecule has 17 heavy (non-hydrogen) atoms. The highest BCUT2D eigenvalue weighted by Gasteiger charge is 2.26. The fourth-order valence-corrected chi connectivity index (χ4v) is 1.78. The van der Waals surface area contributed by atoms with Gasteiger partial charge < -0.3 is 19.9 Å². The van der Waals surface area contributed by atoms with Crippen molar-refractivity contribution in [3.63, 3.8) is 0 Å². The van der Waals surface area contributed by atoms with Crippen LogP contribution in [0.4, 0.5) is 0 Å². The van der Waals surface area contributed by atoms with Gasteiger partial charge in [-0.25, -0.2) is 0 Å². The van der Waals surface area contributed by atoms with Gasteiger partial charge in [0.05, 0.1) is 0 Å². The molecular formula is C13H19NO3. The molecule has 0 aliphatic carbocycles. The summed E-state index contributed by atoms with van der Waals surface area (Å²) in [5, 5.41) is 13.1. The number of aliphatic hydroxyl groups is 1.